The predicted molar refractivity (Wildman–Crippen MR) is 89.0 cm³/mol. The Hall–Kier alpha value is -1.92. The van der Waals surface area contributed by atoms with Crippen LogP contribution in [0.2, 0.25) is 0 Å². The SMILES string of the molecule is COc1ccc(C(C)=O)cc1CC(=O)NCCN1CCNCC1. The van der Waals surface area contributed by atoms with Crippen molar-refractivity contribution in [3.63, 3.8) is 0 Å². The lowest BCUT2D eigenvalue weighted by atomic mass is 10.0. The fourth-order valence-electron chi connectivity index (χ4n) is 2.66. The molecule has 0 bridgehead atoms. The first-order valence-corrected chi connectivity index (χ1v) is 7.98. The fraction of sp³-hybridized carbons (Fsp3) is 0.529. The Morgan fingerprint density at radius 2 is 2.04 bits per heavy atom. The summed E-state index contributed by atoms with van der Waals surface area (Å²) in [4.78, 5) is 25.9. The van der Waals surface area contributed by atoms with Crippen LogP contribution in [0.3, 0.4) is 0 Å². The highest BCUT2D eigenvalue weighted by Gasteiger charge is 2.13. The molecule has 1 aromatic carbocycles. The molecule has 1 aliphatic rings. The van der Waals surface area contributed by atoms with Crippen LogP contribution in [0.4, 0.5) is 0 Å². The fourth-order valence-corrected chi connectivity index (χ4v) is 2.66. The number of hydrogen-bond acceptors (Lipinski definition) is 5. The van der Waals surface area contributed by atoms with Gasteiger partial charge >= 0.3 is 0 Å². The second kappa shape index (κ2) is 8.64. The van der Waals surface area contributed by atoms with Crippen molar-refractivity contribution >= 4 is 11.7 Å². The van der Waals surface area contributed by atoms with Crippen molar-refractivity contribution in [1.82, 2.24) is 15.5 Å². The highest BCUT2D eigenvalue weighted by Crippen LogP contribution is 2.20. The second-order valence-electron chi connectivity index (χ2n) is 5.70. The molecule has 0 spiro atoms. The van der Waals surface area contributed by atoms with Gasteiger partial charge in [-0.25, -0.2) is 0 Å². The van der Waals surface area contributed by atoms with Gasteiger partial charge in [0, 0.05) is 50.4 Å². The Balaban J connectivity index is 1.86. The second-order valence-corrected chi connectivity index (χ2v) is 5.70. The molecule has 2 rings (SSSR count). The number of nitrogens with one attached hydrogen (secondary N) is 2. The number of ether oxygens (including phenoxy) is 1. The van der Waals surface area contributed by atoms with Crippen molar-refractivity contribution < 1.29 is 14.3 Å². The molecule has 1 aliphatic heterocycles. The standard InChI is InChI=1S/C17H25N3O3/c1-13(21)14-3-4-16(23-2)15(11-14)12-17(22)19-7-10-20-8-5-18-6-9-20/h3-4,11,18H,5-10,12H2,1-2H3,(H,19,22). The summed E-state index contributed by atoms with van der Waals surface area (Å²) < 4.78 is 5.27. The number of ketones is 1. The molecule has 0 saturated carbocycles. The lowest BCUT2D eigenvalue weighted by Crippen LogP contribution is -2.46. The molecule has 23 heavy (non-hydrogen) atoms. The molecule has 0 atom stereocenters. The van der Waals surface area contributed by atoms with Gasteiger partial charge in [-0.2, -0.15) is 0 Å². The Kier molecular flexibility index (Phi) is 6.55. The number of carbonyl (C=O) groups is 2. The van der Waals surface area contributed by atoms with Gasteiger partial charge in [-0.1, -0.05) is 0 Å². The third kappa shape index (κ3) is 5.33. The average molecular weight is 319 g/mol. The van der Waals surface area contributed by atoms with Gasteiger partial charge in [0.05, 0.1) is 13.5 Å². The quantitative estimate of drug-likeness (QED) is 0.715. The minimum Gasteiger partial charge on any atom is -0.496 e. The van der Waals surface area contributed by atoms with E-state index >= 15 is 0 Å². The van der Waals surface area contributed by atoms with E-state index in [9.17, 15) is 9.59 Å². The molecule has 0 unspecified atom stereocenters. The van der Waals surface area contributed by atoms with Crippen LogP contribution in [0.25, 0.3) is 0 Å². The molecule has 6 heteroatoms. The number of amides is 1. The van der Waals surface area contributed by atoms with Crippen LogP contribution in [0.5, 0.6) is 5.75 Å². The number of hydrogen-bond donors (Lipinski definition) is 2. The molecule has 1 saturated heterocycles. The van der Waals surface area contributed by atoms with E-state index < -0.39 is 0 Å². The zero-order valence-electron chi connectivity index (χ0n) is 13.9. The first-order valence-electron chi connectivity index (χ1n) is 7.98. The summed E-state index contributed by atoms with van der Waals surface area (Å²) in [5, 5.41) is 6.24. The van der Waals surface area contributed by atoms with Crippen molar-refractivity contribution in [2.75, 3.05) is 46.4 Å². The van der Waals surface area contributed by atoms with Crippen LogP contribution in [0.1, 0.15) is 22.8 Å². The summed E-state index contributed by atoms with van der Waals surface area (Å²) in [6.07, 6.45) is 0.214. The van der Waals surface area contributed by atoms with Crippen LogP contribution < -0.4 is 15.4 Å². The number of benzene rings is 1. The Bertz CT molecular complexity index is 554. The normalized spacial score (nSPS) is 15.2. The van der Waals surface area contributed by atoms with Gasteiger partial charge in [0.2, 0.25) is 5.91 Å². The zero-order valence-corrected chi connectivity index (χ0v) is 13.9. The number of carbonyl (C=O) groups excluding carboxylic acids is 2. The topological polar surface area (TPSA) is 70.7 Å². The lowest BCUT2D eigenvalue weighted by molar-refractivity contribution is -0.120. The smallest absolute Gasteiger partial charge is 0.224 e. The van der Waals surface area contributed by atoms with Gasteiger partial charge in [-0.05, 0) is 25.1 Å². The summed E-state index contributed by atoms with van der Waals surface area (Å²) in [6, 6.07) is 5.18. The van der Waals surface area contributed by atoms with Gasteiger partial charge in [0.15, 0.2) is 5.78 Å². The van der Waals surface area contributed by atoms with Crippen LogP contribution in [-0.4, -0.2) is 63.0 Å². The molecular formula is C17H25N3O3. The van der Waals surface area contributed by atoms with Gasteiger partial charge < -0.3 is 15.4 Å². The van der Waals surface area contributed by atoms with E-state index in [1.165, 1.54) is 6.92 Å². The van der Waals surface area contributed by atoms with Crippen LogP contribution in [0, 0.1) is 0 Å². The van der Waals surface area contributed by atoms with Gasteiger partial charge in [0.1, 0.15) is 5.75 Å². The van der Waals surface area contributed by atoms with E-state index in [-0.39, 0.29) is 18.1 Å². The number of Topliss-reactive ketones (excluding diaryl/α,β-unsaturated/α-hetero) is 1. The molecule has 0 aromatic heterocycles. The molecule has 2 N–H and O–H groups in total. The maximum absolute atomic E-state index is 12.1. The van der Waals surface area contributed by atoms with Crippen LogP contribution >= 0.6 is 0 Å². The number of piperazine rings is 1. The summed E-state index contributed by atoms with van der Waals surface area (Å²) in [7, 11) is 1.56. The van der Waals surface area contributed by atoms with Crippen molar-refractivity contribution in [3.8, 4) is 5.75 Å². The summed E-state index contributed by atoms with van der Waals surface area (Å²) in [5.41, 5.74) is 1.33. The Morgan fingerprint density at radius 1 is 1.30 bits per heavy atom. The summed E-state index contributed by atoms with van der Waals surface area (Å²) in [6.45, 7) is 7.05. The van der Waals surface area contributed by atoms with Gasteiger partial charge in [0.25, 0.3) is 0 Å². The average Bonchev–Trinajstić information content (AvgIpc) is 2.55. The van der Waals surface area contributed by atoms with E-state index in [2.05, 4.69) is 15.5 Å². The molecule has 1 aromatic rings. The van der Waals surface area contributed by atoms with Crippen molar-refractivity contribution in [2.45, 2.75) is 13.3 Å². The number of rotatable bonds is 7. The van der Waals surface area contributed by atoms with E-state index in [1.807, 2.05) is 0 Å². The number of nitrogens with zero attached hydrogens (tertiary/aromatic N) is 1. The zero-order chi connectivity index (χ0) is 16.7. The maximum Gasteiger partial charge on any atom is 0.224 e. The van der Waals surface area contributed by atoms with E-state index in [0.29, 0.717) is 17.9 Å². The molecule has 0 radical (unpaired) electrons. The lowest BCUT2D eigenvalue weighted by Gasteiger charge is -2.27. The minimum absolute atomic E-state index is 0.0204. The predicted octanol–water partition coefficient (Wildman–Crippen LogP) is 0.462. The monoisotopic (exact) mass is 319 g/mol. The van der Waals surface area contributed by atoms with E-state index in [0.717, 1.165) is 38.3 Å². The summed E-state index contributed by atoms with van der Waals surface area (Å²) >= 11 is 0. The highest BCUT2D eigenvalue weighted by molar-refractivity contribution is 5.94. The first kappa shape index (κ1) is 17.4. The first-order chi connectivity index (χ1) is 11.1. The third-order valence-electron chi connectivity index (χ3n) is 4.00. The Morgan fingerprint density at radius 3 is 2.70 bits per heavy atom. The van der Waals surface area contributed by atoms with Crippen molar-refractivity contribution in [1.29, 1.82) is 0 Å². The van der Waals surface area contributed by atoms with Crippen LogP contribution in [0.15, 0.2) is 18.2 Å². The summed E-state index contributed by atoms with van der Waals surface area (Å²) in [5.74, 6) is 0.555. The highest BCUT2D eigenvalue weighted by atomic mass is 16.5. The molecule has 126 valence electrons. The Labute approximate surface area is 137 Å². The van der Waals surface area contributed by atoms with Crippen LogP contribution in [-0.2, 0) is 11.2 Å². The number of methoxy groups -OCH3 is 1. The minimum atomic E-state index is -0.0564. The van der Waals surface area contributed by atoms with E-state index in [1.54, 1.807) is 25.3 Å². The molecule has 0 aliphatic carbocycles. The van der Waals surface area contributed by atoms with E-state index in [4.69, 9.17) is 4.74 Å². The van der Waals surface area contributed by atoms with Crippen molar-refractivity contribution in [3.05, 3.63) is 29.3 Å². The molecule has 1 fully saturated rings. The molecule has 1 heterocycles. The molecule has 1 amide bonds. The van der Waals surface area contributed by atoms with Gasteiger partial charge in [-0.15, -0.1) is 0 Å². The van der Waals surface area contributed by atoms with Crippen molar-refractivity contribution in [2.24, 2.45) is 0 Å². The maximum atomic E-state index is 12.1. The molecular weight excluding hydrogens is 294 g/mol. The largest absolute Gasteiger partial charge is 0.496 e. The molecule has 6 nitrogen and oxygen atoms in total. The van der Waals surface area contributed by atoms with Gasteiger partial charge in [-0.3, -0.25) is 14.5 Å². The third-order valence-corrected chi connectivity index (χ3v) is 4.00.